The first-order valence-electron chi connectivity index (χ1n) is 8.68. The molecule has 1 aliphatic heterocycles. The number of pyridine rings is 1. The topological polar surface area (TPSA) is 80.9 Å². The summed E-state index contributed by atoms with van der Waals surface area (Å²) in [5, 5.41) is 0. The minimum Gasteiger partial charge on any atom is -0.497 e. The summed E-state index contributed by atoms with van der Waals surface area (Å²) in [5.41, 5.74) is 7.14. The van der Waals surface area contributed by atoms with Gasteiger partial charge in [-0.1, -0.05) is 0 Å². The zero-order valence-corrected chi connectivity index (χ0v) is 14.9. The van der Waals surface area contributed by atoms with Crippen molar-refractivity contribution in [3.05, 3.63) is 48.3 Å². The maximum atomic E-state index is 13.0. The fraction of sp³-hybridized carbons (Fsp3) is 0.368. The fourth-order valence-electron chi connectivity index (χ4n) is 2.97. The molecule has 0 unspecified atom stereocenters. The predicted molar refractivity (Wildman–Crippen MR) is 99.9 cm³/mol. The van der Waals surface area contributed by atoms with Gasteiger partial charge < -0.3 is 25.0 Å². The highest BCUT2D eigenvalue weighted by Crippen LogP contribution is 2.27. The predicted octanol–water partition coefficient (Wildman–Crippen LogP) is 1.39. The largest absolute Gasteiger partial charge is 0.497 e. The molecule has 0 saturated carbocycles. The summed E-state index contributed by atoms with van der Waals surface area (Å²) in [5.74, 6) is 1.12. The molecule has 2 aromatic rings. The van der Waals surface area contributed by atoms with E-state index in [4.69, 9.17) is 15.2 Å². The summed E-state index contributed by atoms with van der Waals surface area (Å²) < 4.78 is 10.9. The molecule has 1 saturated heterocycles. The third-order valence-corrected chi connectivity index (χ3v) is 4.37. The Labute approximate surface area is 153 Å². The SMILES string of the molecule is COc1ccc(C(=O)N2CCN(c3cccnc3)CC2)c(OCCN)c1. The Morgan fingerprint density at radius 1 is 1.23 bits per heavy atom. The summed E-state index contributed by atoms with van der Waals surface area (Å²) in [6.45, 7) is 3.57. The first kappa shape index (κ1) is 18.0. The molecular formula is C19H24N4O3. The number of hydrogen-bond acceptors (Lipinski definition) is 6. The van der Waals surface area contributed by atoms with Gasteiger partial charge >= 0.3 is 0 Å². The molecule has 0 spiro atoms. The van der Waals surface area contributed by atoms with E-state index >= 15 is 0 Å². The number of aromatic nitrogens is 1. The van der Waals surface area contributed by atoms with Gasteiger partial charge in [0.2, 0.25) is 0 Å². The summed E-state index contributed by atoms with van der Waals surface area (Å²) >= 11 is 0. The number of nitrogens with two attached hydrogens (primary N) is 1. The molecule has 1 aromatic heterocycles. The highest BCUT2D eigenvalue weighted by Gasteiger charge is 2.25. The van der Waals surface area contributed by atoms with Crippen molar-refractivity contribution in [2.24, 2.45) is 5.73 Å². The molecule has 3 rings (SSSR count). The van der Waals surface area contributed by atoms with Crippen LogP contribution in [0.2, 0.25) is 0 Å². The quantitative estimate of drug-likeness (QED) is 0.842. The Hall–Kier alpha value is -2.80. The zero-order chi connectivity index (χ0) is 18.4. The van der Waals surface area contributed by atoms with E-state index in [-0.39, 0.29) is 5.91 Å². The van der Waals surface area contributed by atoms with E-state index < -0.39 is 0 Å². The molecule has 26 heavy (non-hydrogen) atoms. The molecule has 0 radical (unpaired) electrons. The maximum Gasteiger partial charge on any atom is 0.257 e. The Bertz CT molecular complexity index is 731. The average molecular weight is 356 g/mol. The van der Waals surface area contributed by atoms with Gasteiger partial charge in [0, 0.05) is 45.0 Å². The molecule has 0 atom stereocenters. The lowest BCUT2D eigenvalue weighted by Gasteiger charge is -2.36. The van der Waals surface area contributed by atoms with Gasteiger partial charge in [0.25, 0.3) is 5.91 Å². The van der Waals surface area contributed by atoms with Crippen LogP contribution < -0.4 is 20.1 Å². The number of amides is 1. The number of ether oxygens (including phenoxy) is 2. The molecule has 2 heterocycles. The van der Waals surface area contributed by atoms with E-state index in [1.165, 1.54) is 0 Å². The van der Waals surface area contributed by atoms with Crippen LogP contribution in [0.1, 0.15) is 10.4 Å². The first-order chi connectivity index (χ1) is 12.7. The van der Waals surface area contributed by atoms with Crippen molar-refractivity contribution in [1.29, 1.82) is 0 Å². The van der Waals surface area contributed by atoms with Gasteiger partial charge in [0.15, 0.2) is 0 Å². The van der Waals surface area contributed by atoms with Crippen LogP contribution in [0, 0.1) is 0 Å². The van der Waals surface area contributed by atoms with Crippen LogP contribution in [0.15, 0.2) is 42.7 Å². The number of anilines is 1. The van der Waals surface area contributed by atoms with E-state index in [1.807, 2.05) is 23.2 Å². The van der Waals surface area contributed by atoms with Crippen LogP contribution in [0.25, 0.3) is 0 Å². The summed E-state index contributed by atoms with van der Waals surface area (Å²) in [6.07, 6.45) is 3.61. The van der Waals surface area contributed by atoms with E-state index in [1.54, 1.807) is 31.5 Å². The lowest BCUT2D eigenvalue weighted by Crippen LogP contribution is -2.48. The molecule has 0 bridgehead atoms. The van der Waals surface area contributed by atoms with Gasteiger partial charge in [-0.3, -0.25) is 9.78 Å². The number of piperazine rings is 1. The number of methoxy groups -OCH3 is 1. The fourth-order valence-corrected chi connectivity index (χ4v) is 2.97. The number of benzene rings is 1. The molecule has 1 fully saturated rings. The van der Waals surface area contributed by atoms with Gasteiger partial charge in [0.1, 0.15) is 18.1 Å². The Balaban J connectivity index is 1.70. The maximum absolute atomic E-state index is 13.0. The second-order valence-electron chi connectivity index (χ2n) is 5.99. The molecular weight excluding hydrogens is 332 g/mol. The van der Waals surface area contributed by atoms with E-state index in [2.05, 4.69) is 9.88 Å². The number of carbonyl (C=O) groups excluding carboxylic acids is 1. The summed E-state index contributed by atoms with van der Waals surface area (Å²) in [6, 6.07) is 9.21. The van der Waals surface area contributed by atoms with Gasteiger partial charge in [-0.2, -0.15) is 0 Å². The third kappa shape index (κ3) is 4.05. The lowest BCUT2D eigenvalue weighted by atomic mass is 10.1. The second-order valence-corrected chi connectivity index (χ2v) is 5.99. The van der Waals surface area contributed by atoms with Crippen molar-refractivity contribution in [2.75, 3.05) is 51.3 Å². The van der Waals surface area contributed by atoms with Gasteiger partial charge in [-0.25, -0.2) is 0 Å². The van der Waals surface area contributed by atoms with Crippen LogP contribution in [-0.4, -0.2) is 62.2 Å². The number of rotatable bonds is 6. The molecule has 2 N–H and O–H groups in total. The Kier molecular flexibility index (Phi) is 5.91. The normalized spacial score (nSPS) is 14.2. The van der Waals surface area contributed by atoms with Crippen molar-refractivity contribution in [1.82, 2.24) is 9.88 Å². The lowest BCUT2D eigenvalue weighted by molar-refractivity contribution is 0.0742. The van der Waals surface area contributed by atoms with Crippen molar-refractivity contribution in [3.8, 4) is 11.5 Å². The first-order valence-corrected chi connectivity index (χ1v) is 8.68. The summed E-state index contributed by atoms with van der Waals surface area (Å²) in [7, 11) is 1.58. The smallest absolute Gasteiger partial charge is 0.257 e. The van der Waals surface area contributed by atoms with Crippen molar-refractivity contribution in [3.63, 3.8) is 0 Å². The van der Waals surface area contributed by atoms with E-state index in [0.717, 1.165) is 18.8 Å². The van der Waals surface area contributed by atoms with Crippen LogP contribution in [0.5, 0.6) is 11.5 Å². The number of carbonyl (C=O) groups is 1. The Morgan fingerprint density at radius 2 is 2.04 bits per heavy atom. The number of hydrogen-bond donors (Lipinski definition) is 1. The van der Waals surface area contributed by atoms with E-state index in [0.29, 0.717) is 43.3 Å². The van der Waals surface area contributed by atoms with Gasteiger partial charge in [-0.05, 0) is 24.3 Å². The molecule has 0 aliphatic carbocycles. The molecule has 7 nitrogen and oxygen atoms in total. The van der Waals surface area contributed by atoms with Crippen LogP contribution >= 0.6 is 0 Å². The van der Waals surface area contributed by atoms with Crippen molar-refractivity contribution in [2.45, 2.75) is 0 Å². The van der Waals surface area contributed by atoms with Gasteiger partial charge in [0.05, 0.1) is 24.6 Å². The average Bonchev–Trinajstić information content (AvgIpc) is 2.72. The minimum atomic E-state index is -0.0366. The van der Waals surface area contributed by atoms with E-state index in [9.17, 15) is 4.79 Å². The number of nitrogens with zero attached hydrogens (tertiary/aromatic N) is 3. The summed E-state index contributed by atoms with van der Waals surface area (Å²) in [4.78, 5) is 21.2. The standard InChI is InChI=1S/C19H24N4O3/c1-25-16-4-5-17(18(13-16)26-12-6-20)19(24)23-10-8-22(9-11-23)15-3-2-7-21-14-15/h2-5,7,13-14H,6,8-12,20H2,1H3. The van der Waals surface area contributed by atoms with Crippen LogP contribution in [0.4, 0.5) is 5.69 Å². The molecule has 1 aromatic carbocycles. The zero-order valence-electron chi connectivity index (χ0n) is 14.9. The van der Waals surface area contributed by atoms with Crippen molar-refractivity contribution < 1.29 is 14.3 Å². The highest BCUT2D eigenvalue weighted by molar-refractivity contribution is 5.97. The molecule has 1 amide bonds. The molecule has 1 aliphatic rings. The van der Waals surface area contributed by atoms with Gasteiger partial charge in [-0.15, -0.1) is 0 Å². The monoisotopic (exact) mass is 356 g/mol. The highest BCUT2D eigenvalue weighted by atomic mass is 16.5. The molecule has 7 heteroatoms. The van der Waals surface area contributed by atoms with Crippen LogP contribution in [0.3, 0.4) is 0 Å². The third-order valence-electron chi connectivity index (χ3n) is 4.37. The van der Waals surface area contributed by atoms with Crippen molar-refractivity contribution >= 4 is 11.6 Å². The second kappa shape index (κ2) is 8.53. The Morgan fingerprint density at radius 3 is 2.69 bits per heavy atom. The van der Waals surface area contributed by atoms with Crippen LogP contribution in [-0.2, 0) is 0 Å². The minimum absolute atomic E-state index is 0.0366. The molecule has 138 valence electrons.